The lowest BCUT2D eigenvalue weighted by Crippen LogP contribution is -2.32. The number of hydrogen-bond donors (Lipinski definition) is 2. The van der Waals surface area contributed by atoms with Crippen LogP contribution in [0.4, 0.5) is 0 Å². The Hall–Kier alpha value is -1.27. The Balaban J connectivity index is 2.28. The average molecular weight is 316 g/mol. The predicted molar refractivity (Wildman–Crippen MR) is 69.1 cm³/mol. The van der Waals surface area contributed by atoms with Crippen LogP contribution in [0.15, 0.2) is 16.6 Å². The molecule has 1 atom stereocenters. The number of ether oxygens (including phenoxy) is 2. The minimum Gasteiger partial charge on any atom is -0.490 e. The zero-order valence-corrected chi connectivity index (χ0v) is 11.3. The van der Waals surface area contributed by atoms with Gasteiger partial charge >= 0.3 is 5.97 Å². The van der Waals surface area contributed by atoms with E-state index >= 15 is 0 Å². The van der Waals surface area contributed by atoms with Crippen LogP contribution in [0.1, 0.15) is 12.0 Å². The number of hydrogen-bond acceptors (Lipinski definition) is 4. The molecule has 0 aromatic heterocycles. The molecule has 1 unspecified atom stereocenters. The van der Waals surface area contributed by atoms with E-state index in [0.717, 1.165) is 16.5 Å². The van der Waals surface area contributed by atoms with Gasteiger partial charge in [0.05, 0.1) is 17.7 Å². The Morgan fingerprint density at radius 2 is 2.17 bits per heavy atom. The molecule has 1 aromatic carbocycles. The molecular formula is C12H14BrNO4. The normalized spacial score (nSPS) is 15.9. The summed E-state index contributed by atoms with van der Waals surface area (Å²) < 4.78 is 11.9. The summed E-state index contributed by atoms with van der Waals surface area (Å²) in [6.45, 7) is 1.20. The van der Waals surface area contributed by atoms with Gasteiger partial charge < -0.3 is 20.3 Å². The van der Waals surface area contributed by atoms with Gasteiger partial charge in [0.1, 0.15) is 6.04 Å². The molecule has 0 saturated heterocycles. The molecular weight excluding hydrogens is 302 g/mol. The van der Waals surface area contributed by atoms with Crippen molar-refractivity contribution in [2.75, 3.05) is 13.2 Å². The Kier molecular flexibility index (Phi) is 4.08. The third-order valence-corrected chi connectivity index (χ3v) is 3.56. The Morgan fingerprint density at radius 1 is 1.44 bits per heavy atom. The van der Waals surface area contributed by atoms with Gasteiger partial charge in [0.15, 0.2) is 11.5 Å². The van der Waals surface area contributed by atoms with Crippen LogP contribution in [0.3, 0.4) is 0 Å². The second-order valence-electron chi connectivity index (χ2n) is 4.07. The van der Waals surface area contributed by atoms with Crippen molar-refractivity contribution in [2.45, 2.75) is 18.9 Å². The fourth-order valence-electron chi connectivity index (χ4n) is 1.72. The molecule has 2 rings (SSSR count). The quantitative estimate of drug-likeness (QED) is 0.884. The van der Waals surface area contributed by atoms with Crippen LogP contribution < -0.4 is 15.2 Å². The summed E-state index contributed by atoms with van der Waals surface area (Å²) in [5, 5.41) is 8.82. The number of nitrogens with two attached hydrogens (primary N) is 1. The lowest BCUT2D eigenvalue weighted by atomic mass is 10.1. The number of rotatable bonds is 3. The molecule has 1 aromatic rings. The highest BCUT2D eigenvalue weighted by atomic mass is 79.9. The largest absolute Gasteiger partial charge is 0.490 e. The van der Waals surface area contributed by atoms with Gasteiger partial charge in [-0.1, -0.05) is 6.07 Å². The fraction of sp³-hybridized carbons (Fsp3) is 0.417. The van der Waals surface area contributed by atoms with Crippen LogP contribution in [0.5, 0.6) is 11.5 Å². The first-order chi connectivity index (χ1) is 8.59. The molecule has 0 radical (unpaired) electrons. The summed E-state index contributed by atoms with van der Waals surface area (Å²) in [5.74, 6) is 0.281. The standard InChI is InChI=1S/C12H14BrNO4/c13-10-7(6-8(14)12(15)16)2-3-9-11(10)18-5-1-4-17-9/h2-3,8H,1,4-6,14H2,(H,15,16). The lowest BCUT2D eigenvalue weighted by Gasteiger charge is -2.14. The smallest absolute Gasteiger partial charge is 0.320 e. The molecule has 3 N–H and O–H groups in total. The molecule has 0 fully saturated rings. The maximum Gasteiger partial charge on any atom is 0.320 e. The summed E-state index contributed by atoms with van der Waals surface area (Å²) in [7, 11) is 0. The highest BCUT2D eigenvalue weighted by molar-refractivity contribution is 9.10. The summed E-state index contributed by atoms with van der Waals surface area (Å²) in [6.07, 6.45) is 1.07. The van der Waals surface area contributed by atoms with Gasteiger partial charge in [-0.3, -0.25) is 4.79 Å². The molecule has 1 aliphatic heterocycles. The molecule has 98 valence electrons. The first-order valence-electron chi connectivity index (χ1n) is 5.65. The van der Waals surface area contributed by atoms with Crippen molar-refractivity contribution < 1.29 is 19.4 Å². The van der Waals surface area contributed by atoms with Crippen LogP contribution in [0, 0.1) is 0 Å². The van der Waals surface area contributed by atoms with Crippen molar-refractivity contribution in [1.29, 1.82) is 0 Å². The molecule has 0 saturated carbocycles. The van der Waals surface area contributed by atoms with Gasteiger partial charge in [-0.2, -0.15) is 0 Å². The first kappa shape index (κ1) is 13.2. The van der Waals surface area contributed by atoms with Crippen LogP contribution >= 0.6 is 15.9 Å². The second-order valence-corrected chi connectivity index (χ2v) is 4.86. The van der Waals surface area contributed by atoms with Crippen molar-refractivity contribution in [3.8, 4) is 11.5 Å². The molecule has 0 amide bonds. The van der Waals surface area contributed by atoms with E-state index in [1.807, 2.05) is 0 Å². The van der Waals surface area contributed by atoms with E-state index in [1.54, 1.807) is 12.1 Å². The van der Waals surface area contributed by atoms with Crippen LogP contribution in [-0.2, 0) is 11.2 Å². The van der Waals surface area contributed by atoms with Crippen molar-refractivity contribution in [3.05, 3.63) is 22.2 Å². The van der Waals surface area contributed by atoms with E-state index in [0.29, 0.717) is 24.7 Å². The molecule has 0 bridgehead atoms. The molecule has 1 aliphatic rings. The van der Waals surface area contributed by atoms with Gasteiger partial charge in [0.25, 0.3) is 0 Å². The van der Waals surface area contributed by atoms with Crippen molar-refractivity contribution >= 4 is 21.9 Å². The topological polar surface area (TPSA) is 81.8 Å². The van der Waals surface area contributed by atoms with E-state index < -0.39 is 12.0 Å². The Morgan fingerprint density at radius 3 is 2.89 bits per heavy atom. The molecule has 5 nitrogen and oxygen atoms in total. The third-order valence-electron chi connectivity index (χ3n) is 2.69. The zero-order chi connectivity index (χ0) is 13.1. The first-order valence-corrected chi connectivity index (χ1v) is 6.44. The van der Waals surface area contributed by atoms with Crippen molar-refractivity contribution in [2.24, 2.45) is 5.73 Å². The predicted octanol–water partition coefficient (Wildman–Crippen LogP) is 1.56. The highest BCUT2D eigenvalue weighted by Crippen LogP contribution is 2.39. The van der Waals surface area contributed by atoms with E-state index in [1.165, 1.54) is 0 Å². The number of fused-ring (bicyclic) bond motifs is 1. The van der Waals surface area contributed by atoms with E-state index in [-0.39, 0.29) is 6.42 Å². The summed E-state index contributed by atoms with van der Waals surface area (Å²) in [4.78, 5) is 10.8. The number of carboxylic acids is 1. The van der Waals surface area contributed by atoms with Crippen LogP contribution in [0.2, 0.25) is 0 Å². The number of benzene rings is 1. The third kappa shape index (κ3) is 2.76. The summed E-state index contributed by atoms with van der Waals surface area (Å²) in [5.41, 5.74) is 6.33. The highest BCUT2D eigenvalue weighted by Gasteiger charge is 2.20. The molecule has 1 heterocycles. The maximum absolute atomic E-state index is 10.8. The van der Waals surface area contributed by atoms with E-state index in [4.69, 9.17) is 20.3 Å². The number of carboxylic acid groups (broad SMARTS) is 1. The van der Waals surface area contributed by atoms with E-state index in [2.05, 4.69) is 15.9 Å². The fourth-order valence-corrected chi connectivity index (χ4v) is 2.33. The molecule has 6 heteroatoms. The lowest BCUT2D eigenvalue weighted by molar-refractivity contribution is -0.138. The summed E-state index contributed by atoms with van der Waals surface area (Å²) >= 11 is 3.43. The second kappa shape index (κ2) is 5.58. The zero-order valence-electron chi connectivity index (χ0n) is 9.69. The van der Waals surface area contributed by atoms with Crippen LogP contribution in [-0.4, -0.2) is 30.3 Å². The Bertz CT molecular complexity index is 464. The average Bonchev–Trinajstić information content (AvgIpc) is 2.58. The molecule has 18 heavy (non-hydrogen) atoms. The minimum absolute atomic E-state index is 0.243. The number of carbonyl (C=O) groups is 1. The monoisotopic (exact) mass is 315 g/mol. The minimum atomic E-state index is -1.02. The van der Waals surface area contributed by atoms with Crippen LogP contribution in [0.25, 0.3) is 0 Å². The maximum atomic E-state index is 10.8. The summed E-state index contributed by atoms with van der Waals surface area (Å²) in [6, 6.07) is 2.67. The Labute approximate surface area is 113 Å². The van der Waals surface area contributed by atoms with Gasteiger partial charge in [0.2, 0.25) is 0 Å². The van der Waals surface area contributed by atoms with Gasteiger partial charge in [-0.25, -0.2) is 0 Å². The van der Waals surface area contributed by atoms with E-state index in [9.17, 15) is 4.79 Å². The van der Waals surface area contributed by atoms with Gasteiger partial charge in [-0.05, 0) is 34.0 Å². The van der Waals surface area contributed by atoms with Gasteiger partial charge in [0, 0.05) is 6.42 Å². The van der Waals surface area contributed by atoms with Gasteiger partial charge in [-0.15, -0.1) is 0 Å². The van der Waals surface area contributed by atoms with Crippen molar-refractivity contribution in [1.82, 2.24) is 0 Å². The van der Waals surface area contributed by atoms with Crippen molar-refractivity contribution in [3.63, 3.8) is 0 Å². The SMILES string of the molecule is NC(Cc1ccc2c(c1Br)OCCCO2)C(=O)O. The number of aliphatic carboxylic acids is 1. The molecule has 0 aliphatic carbocycles. The molecule has 0 spiro atoms. The number of halogens is 1.